The summed E-state index contributed by atoms with van der Waals surface area (Å²) in [7, 11) is 0. The molecule has 12 heavy (non-hydrogen) atoms. The maximum absolute atomic E-state index is 11.0. The Kier molecular flexibility index (Phi) is 3.08. The normalized spacial score (nSPS) is 9.50. The van der Waals surface area contributed by atoms with Crippen molar-refractivity contribution in [1.82, 2.24) is 4.94 Å². The lowest BCUT2D eigenvalue weighted by molar-refractivity contribution is -0.116. The fourth-order valence-electron chi connectivity index (χ4n) is 0.867. The van der Waals surface area contributed by atoms with Crippen molar-refractivity contribution < 1.29 is 4.79 Å². The van der Waals surface area contributed by atoms with Gasteiger partial charge in [0.1, 0.15) is 0 Å². The fourth-order valence-corrected chi connectivity index (χ4v) is 1.08. The van der Waals surface area contributed by atoms with Gasteiger partial charge >= 0.3 is 0 Å². The third-order valence-corrected chi connectivity index (χ3v) is 1.58. The van der Waals surface area contributed by atoms with Crippen molar-refractivity contribution in [3.63, 3.8) is 0 Å². The second-order valence-corrected chi connectivity index (χ2v) is 2.44. The van der Waals surface area contributed by atoms with Crippen LogP contribution in [0.1, 0.15) is 6.92 Å². The first kappa shape index (κ1) is 9.03. The monoisotopic (exact) mass is 184 g/mol. The van der Waals surface area contributed by atoms with E-state index in [2.05, 4.69) is 4.94 Å². The van der Waals surface area contributed by atoms with Crippen LogP contribution >= 0.6 is 11.8 Å². The number of carbonyl (C=O) groups excluding carboxylic acids is 1. The number of hydrogen-bond donors (Lipinski definition) is 1. The molecule has 0 aromatic heterocycles. The molecule has 1 aromatic rings. The summed E-state index contributed by atoms with van der Waals surface area (Å²) >= 11 is 5.35. The van der Waals surface area contributed by atoms with E-state index in [1.54, 1.807) is 12.1 Å². The molecule has 0 spiro atoms. The third-order valence-electron chi connectivity index (χ3n) is 1.41. The van der Waals surface area contributed by atoms with Gasteiger partial charge in [0.25, 0.3) is 0 Å². The first-order valence-corrected chi connectivity index (χ1v) is 3.85. The van der Waals surface area contributed by atoms with Crippen molar-refractivity contribution in [1.29, 1.82) is 0 Å². The van der Waals surface area contributed by atoms with Crippen molar-refractivity contribution in [2.24, 2.45) is 0 Å². The average molecular weight is 185 g/mol. The lowest BCUT2D eigenvalue weighted by Crippen LogP contribution is -2.35. The number of hydrogen-bond acceptors (Lipinski definition) is 2. The minimum absolute atomic E-state index is 0.156. The van der Waals surface area contributed by atoms with Crippen LogP contribution in [0.3, 0.4) is 0 Å². The Morgan fingerprint density at radius 3 is 2.42 bits per heavy atom. The number of rotatable bonds is 2. The predicted octanol–water partition coefficient (Wildman–Crippen LogP) is 1.70. The van der Waals surface area contributed by atoms with Crippen LogP contribution < -0.4 is 9.95 Å². The predicted molar refractivity (Wildman–Crippen MR) is 48.6 cm³/mol. The van der Waals surface area contributed by atoms with Crippen LogP contribution in [0.2, 0.25) is 0 Å². The van der Waals surface area contributed by atoms with Crippen LogP contribution in [0.15, 0.2) is 30.3 Å². The summed E-state index contributed by atoms with van der Waals surface area (Å²) < 4.78 is 0. The molecule has 0 unspecified atom stereocenters. The Bertz CT molecular complexity index is 263. The van der Waals surface area contributed by atoms with E-state index in [1.807, 2.05) is 18.2 Å². The molecule has 0 saturated carbocycles. The van der Waals surface area contributed by atoms with Gasteiger partial charge in [0, 0.05) is 6.92 Å². The van der Waals surface area contributed by atoms with Gasteiger partial charge in [-0.1, -0.05) is 18.2 Å². The fraction of sp³-hybridized carbons (Fsp3) is 0.125. The second-order valence-electron chi connectivity index (χ2n) is 2.27. The molecule has 0 bridgehead atoms. The summed E-state index contributed by atoms with van der Waals surface area (Å²) in [5.74, 6) is -0.156. The standard InChI is InChI=1S/C8H9ClN2O/c1-7(12)11(10-9)8-5-3-2-4-6-8/h2-6,10H,1H3. The van der Waals surface area contributed by atoms with E-state index in [1.165, 1.54) is 11.9 Å². The van der Waals surface area contributed by atoms with Crippen LogP contribution in [-0.2, 0) is 4.79 Å². The van der Waals surface area contributed by atoms with Gasteiger partial charge in [-0.25, -0.2) is 5.01 Å². The molecule has 1 amide bonds. The van der Waals surface area contributed by atoms with Gasteiger partial charge in [0.2, 0.25) is 5.91 Å². The van der Waals surface area contributed by atoms with E-state index in [9.17, 15) is 4.79 Å². The molecule has 0 radical (unpaired) electrons. The zero-order chi connectivity index (χ0) is 8.97. The second kappa shape index (κ2) is 4.09. The summed E-state index contributed by atoms with van der Waals surface area (Å²) in [6.07, 6.45) is 0. The summed E-state index contributed by atoms with van der Waals surface area (Å²) in [5, 5.41) is 1.25. The lowest BCUT2D eigenvalue weighted by Gasteiger charge is -2.16. The van der Waals surface area contributed by atoms with E-state index in [4.69, 9.17) is 11.8 Å². The first-order chi connectivity index (χ1) is 5.75. The van der Waals surface area contributed by atoms with E-state index < -0.39 is 0 Å². The topological polar surface area (TPSA) is 32.3 Å². The molecule has 3 nitrogen and oxygen atoms in total. The van der Waals surface area contributed by atoms with Crippen molar-refractivity contribution in [3.05, 3.63) is 30.3 Å². The summed E-state index contributed by atoms with van der Waals surface area (Å²) in [6.45, 7) is 1.43. The number of nitrogens with one attached hydrogen (secondary N) is 1. The van der Waals surface area contributed by atoms with E-state index in [0.717, 1.165) is 5.69 Å². The van der Waals surface area contributed by atoms with Gasteiger partial charge < -0.3 is 0 Å². The number of carbonyl (C=O) groups is 1. The van der Waals surface area contributed by atoms with E-state index >= 15 is 0 Å². The van der Waals surface area contributed by atoms with Gasteiger partial charge in [0.05, 0.1) is 5.69 Å². The SMILES string of the molecule is CC(=O)N(NCl)c1ccccc1. The number of amides is 1. The number of hydrazine groups is 1. The van der Waals surface area contributed by atoms with Crippen LogP contribution in [0.4, 0.5) is 5.69 Å². The highest BCUT2D eigenvalue weighted by atomic mass is 35.5. The number of para-hydroxylation sites is 1. The number of anilines is 1. The van der Waals surface area contributed by atoms with Crippen LogP contribution in [0.5, 0.6) is 0 Å². The highest BCUT2D eigenvalue weighted by molar-refractivity contribution is 6.16. The smallest absolute Gasteiger partial charge is 0.239 e. The van der Waals surface area contributed by atoms with Gasteiger partial charge in [-0.15, -0.1) is 4.94 Å². The van der Waals surface area contributed by atoms with Gasteiger partial charge in [-0.2, -0.15) is 0 Å². The molecule has 0 saturated heterocycles. The zero-order valence-corrected chi connectivity index (χ0v) is 7.38. The minimum atomic E-state index is -0.156. The van der Waals surface area contributed by atoms with Gasteiger partial charge in [-0.05, 0) is 23.9 Å². The number of nitrogens with zero attached hydrogens (tertiary/aromatic N) is 1. The molecule has 0 atom stereocenters. The minimum Gasteiger partial charge on any atom is -0.273 e. The maximum Gasteiger partial charge on any atom is 0.239 e. The third kappa shape index (κ3) is 1.96. The number of benzene rings is 1. The molecule has 0 heterocycles. The Labute approximate surface area is 76.0 Å². The molecular formula is C8H9ClN2O. The highest BCUT2D eigenvalue weighted by Gasteiger charge is 2.07. The van der Waals surface area contributed by atoms with Crippen molar-refractivity contribution in [2.45, 2.75) is 6.92 Å². The van der Waals surface area contributed by atoms with Crippen molar-refractivity contribution >= 4 is 23.4 Å². The van der Waals surface area contributed by atoms with Gasteiger partial charge in [0.15, 0.2) is 0 Å². The van der Waals surface area contributed by atoms with Crippen LogP contribution in [0.25, 0.3) is 0 Å². The van der Waals surface area contributed by atoms with E-state index in [0.29, 0.717) is 0 Å². The molecule has 1 aromatic carbocycles. The summed E-state index contributed by atoms with van der Waals surface area (Å²) in [5.41, 5.74) is 0.722. The molecular weight excluding hydrogens is 176 g/mol. The molecule has 1 N–H and O–H groups in total. The summed E-state index contributed by atoms with van der Waals surface area (Å²) in [6, 6.07) is 9.11. The highest BCUT2D eigenvalue weighted by Crippen LogP contribution is 2.10. The largest absolute Gasteiger partial charge is 0.273 e. The molecule has 0 aliphatic heterocycles. The molecule has 4 heteroatoms. The summed E-state index contributed by atoms with van der Waals surface area (Å²) in [4.78, 5) is 13.2. The van der Waals surface area contributed by atoms with Crippen molar-refractivity contribution in [3.8, 4) is 0 Å². The Morgan fingerprint density at radius 2 is 2.00 bits per heavy atom. The first-order valence-electron chi connectivity index (χ1n) is 3.47. The van der Waals surface area contributed by atoms with Crippen molar-refractivity contribution in [2.75, 3.05) is 5.01 Å². The van der Waals surface area contributed by atoms with Crippen LogP contribution in [0, 0.1) is 0 Å². The average Bonchev–Trinajstić information content (AvgIpc) is 2.07. The van der Waals surface area contributed by atoms with Crippen LogP contribution in [-0.4, -0.2) is 5.91 Å². The quantitative estimate of drug-likeness (QED) is 0.561. The molecule has 64 valence electrons. The van der Waals surface area contributed by atoms with E-state index in [-0.39, 0.29) is 5.91 Å². The Balaban J connectivity index is 2.88. The molecule has 0 aliphatic carbocycles. The maximum atomic E-state index is 11.0. The molecule has 0 aliphatic rings. The number of halogens is 1. The Morgan fingerprint density at radius 1 is 1.42 bits per heavy atom. The lowest BCUT2D eigenvalue weighted by atomic mass is 10.3. The Hall–Kier alpha value is -1.06. The zero-order valence-electron chi connectivity index (χ0n) is 6.62. The van der Waals surface area contributed by atoms with Gasteiger partial charge in [-0.3, -0.25) is 4.79 Å². The molecule has 1 rings (SSSR count). The molecule has 0 fully saturated rings.